The number of rotatable bonds is 3. The van der Waals surface area contributed by atoms with Gasteiger partial charge in [-0.1, -0.05) is 94.8 Å². The van der Waals surface area contributed by atoms with Crippen LogP contribution >= 0.6 is 15.9 Å². The molecule has 5 aromatic carbocycles. The Hall–Kier alpha value is -4.34. The molecule has 7 rings (SSSR count). The van der Waals surface area contributed by atoms with Gasteiger partial charge in [-0.15, -0.1) is 0 Å². The lowest BCUT2D eigenvalue weighted by atomic mass is 9.89. The Bertz CT molecular complexity index is 1930. The highest BCUT2D eigenvalue weighted by Crippen LogP contribution is 2.42. The first-order valence-electron chi connectivity index (χ1n) is 12.3. The molecule has 3 heteroatoms. The first-order valence-corrected chi connectivity index (χ1v) is 13.1. The Balaban J connectivity index is 1.62. The molecule has 0 fully saturated rings. The Kier molecular flexibility index (Phi) is 5.30. The summed E-state index contributed by atoms with van der Waals surface area (Å²) < 4.78 is 1.04. The summed E-state index contributed by atoms with van der Waals surface area (Å²) >= 11 is 3.77. The topological polar surface area (TPSA) is 25.8 Å². The maximum Gasteiger partial charge on any atom is 0.0788 e. The second kappa shape index (κ2) is 8.95. The van der Waals surface area contributed by atoms with Crippen molar-refractivity contribution in [2.45, 2.75) is 0 Å². The van der Waals surface area contributed by atoms with Crippen molar-refractivity contribution in [3.63, 3.8) is 0 Å². The van der Waals surface area contributed by atoms with Crippen molar-refractivity contribution in [2.75, 3.05) is 0 Å². The van der Waals surface area contributed by atoms with Crippen molar-refractivity contribution >= 4 is 48.4 Å². The van der Waals surface area contributed by atoms with Crippen LogP contribution in [0.2, 0.25) is 0 Å². The van der Waals surface area contributed by atoms with Gasteiger partial charge in [0.1, 0.15) is 0 Å². The summed E-state index contributed by atoms with van der Waals surface area (Å²) in [7, 11) is 0. The zero-order chi connectivity index (χ0) is 24.8. The third-order valence-corrected chi connectivity index (χ3v) is 7.41. The summed E-state index contributed by atoms with van der Waals surface area (Å²) in [6, 6.07) is 40.7. The predicted molar refractivity (Wildman–Crippen MR) is 159 cm³/mol. The summed E-state index contributed by atoms with van der Waals surface area (Å²) in [5.74, 6) is 0. The van der Waals surface area contributed by atoms with Gasteiger partial charge in [0.05, 0.1) is 11.2 Å². The van der Waals surface area contributed by atoms with Crippen LogP contribution in [0.4, 0.5) is 0 Å². The minimum absolute atomic E-state index is 1.00. The first-order chi connectivity index (χ1) is 18.3. The molecule has 0 saturated heterocycles. The second-order valence-electron chi connectivity index (χ2n) is 9.21. The minimum atomic E-state index is 1.00. The van der Waals surface area contributed by atoms with E-state index in [-0.39, 0.29) is 0 Å². The minimum Gasteiger partial charge on any atom is -0.264 e. The number of hydrogen-bond donors (Lipinski definition) is 0. The molecule has 2 heterocycles. The largest absolute Gasteiger partial charge is 0.264 e. The second-order valence-corrected chi connectivity index (χ2v) is 10.1. The molecule has 0 unspecified atom stereocenters. The van der Waals surface area contributed by atoms with E-state index in [1.807, 2.05) is 18.5 Å². The normalized spacial score (nSPS) is 11.4. The molecule has 2 aromatic heterocycles. The van der Waals surface area contributed by atoms with Crippen LogP contribution in [0.5, 0.6) is 0 Å². The molecule has 0 aliphatic carbocycles. The SMILES string of the molecule is Brc1cc(-c2cccnc2)cc(-c2cc3c(-c4ccccc4)nc4ccccc4c3c3ccccc23)c1. The van der Waals surface area contributed by atoms with Crippen LogP contribution < -0.4 is 0 Å². The van der Waals surface area contributed by atoms with Crippen LogP contribution in [0.15, 0.2) is 132 Å². The molecule has 2 nitrogen and oxygen atoms in total. The molecule has 37 heavy (non-hydrogen) atoms. The highest BCUT2D eigenvalue weighted by molar-refractivity contribution is 9.10. The molecule has 7 aromatic rings. The Labute approximate surface area is 223 Å². The van der Waals surface area contributed by atoms with E-state index in [2.05, 4.69) is 130 Å². The zero-order valence-corrected chi connectivity index (χ0v) is 21.5. The molecule has 0 saturated carbocycles. The van der Waals surface area contributed by atoms with Crippen LogP contribution in [0.3, 0.4) is 0 Å². The molecule has 0 N–H and O–H groups in total. The van der Waals surface area contributed by atoms with Crippen LogP contribution in [-0.4, -0.2) is 9.97 Å². The molecule has 0 amide bonds. The number of pyridine rings is 2. The molecule has 0 spiro atoms. The van der Waals surface area contributed by atoms with Gasteiger partial charge in [-0.25, -0.2) is 4.98 Å². The van der Waals surface area contributed by atoms with E-state index < -0.39 is 0 Å². The summed E-state index contributed by atoms with van der Waals surface area (Å²) in [6.07, 6.45) is 3.72. The number of nitrogens with zero attached hydrogens (tertiary/aromatic N) is 2. The average molecular weight is 537 g/mol. The smallest absolute Gasteiger partial charge is 0.0788 e. The molecule has 0 bridgehead atoms. The summed E-state index contributed by atoms with van der Waals surface area (Å²) in [6.45, 7) is 0. The number of hydrogen-bond acceptors (Lipinski definition) is 2. The van der Waals surface area contributed by atoms with Gasteiger partial charge in [-0.05, 0) is 63.9 Å². The van der Waals surface area contributed by atoms with E-state index in [0.717, 1.165) is 43.3 Å². The molecular weight excluding hydrogens is 516 g/mol. The fourth-order valence-corrected chi connectivity index (χ4v) is 5.81. The van der Waals surface area contributed by atoms with Gasteiger partial charge in [-0.2, -0.15) is 0 Å². The van der Waals surface area contributed by atoms with E-state index in [1.165, 1.54) is 27.1 Å². The molecule has 0 aliphatic rings. The number of fused-ring (bicyclic) bond motifs is 5. The predicted octanol–water partition coefficient (Wildman–Crippen LogP) is 9.70. The van der Waals surface area contributed by atoms with Crippen LogP contribution in [0.25, 0.3) is 66.0 Å². The standard InChI is InChI=1S/C34H21BrN2/c35-26-18-24(23-11-8-16-36-21-23)17-25(19-26)30-20-31-33(28-13-5-4-12-27(28)30)29-14-6-7-15-32(29)37-34(31)22-9-2-1-3-10-22/h1-21H. The van der Waals surface area contributed by atoms with E-state index >= 15 is 0 Å². The van der Waals surface area contributed by atoms with Gasteiger partial charge in [0.15, 0.2) is 0 Å². The fraction of sp³-hybridized carbons (Fsp3) is 0. The molecular formula is C34H21BrN2. The van der Waals surface area contributed by atoms with Crippen molar-refractivity contribution in [3.8, 4) is 33.5 Å². The number of aromatic nitrogens is 2. The van der Waals surface area contributed by atoms with Gasteiger partial charge in [-0.3, -0.25) is 4.98 Å². The zero-order valence-electron chi connectivity index (χ0n) is 19.9. The summed E-state index contributed by atoms with van der Waals surface area (Å²) in [5, 5.41) is 6.02. The van der Waals surface area contributed by atoms with Gasteiger partial charge in [0, 0.05) is 44.2 Å². The molecule has 0 radical (unpaired) electrons. The maximum absolute atomic E-state index is 5.18. The fourth-order valence-electron chi connectivity index (χ4n) is 5.32. The summed E-state index contributed by atoms with van der Waals surface area (Å²) in [4.78, 5) is 9.51. The summed E-state index contributed by atoms with van der Waals surface area (Å²) in [5.41, 5.74) is 7.68. The lowest BCUT2D eigenvalue weighted by Crippen LogP contribution is -1.93. The highest BCUT2D eigenvalue weighted by Gasteiger charge is 2.17. The molecule has 174 valence electrons. The van der Waals surface area contributed by atoms with E-state index in [1.54, 1.807) is 0 Å². The number of para-hydroxylation sites is 1. The Morgan fingerprint density at radius 1 is 0.514 bits per heavy atom. The Morgan fingerprint density at radius 2 is 1.22 bits per heavy atom. The van der Waals surface area contributed by atoms with Gasteiger partial charge >= 0.3 is 0 Å². The third kappa shape index (κ3) is 3.80. The highest BCUT2D eigenvalue weighted by atomic mass is 79.9. The van der Waals surface area contributed by atoms with Crippen molar-refractivity contribution < 1.29 is 0 Å². The van der Waals surface area contributed by atoms with Crippen molar-refractivity contribution in [1.29, 1.82) is 0 Å². The van der Waals surface area contributed by atoms with Gasteiger partial charge in [0.2, 0.25) is 0 Å². The lowest BCUT2D eigenvalue weighted by molar-refractivity contribution is 1.33. The Morgan fingerprint density at radius 3 is 2.03 bits per heavy atom. The van der Waals surface area contributed by atoms with E-state index in [0.29, 0.717) is 0 Å². The van der Waals surface area contributed by atoms with Crippen molar-refractivity contribution in [1.82, 2.24) is 9.97 Å². The number of halogens is 1. The molecule has 0 aliphatic heterocycles. The average Bonchev–Trinajstić information content (AvgIpc) is 2.96. The third-order valence-electron chi connectivity index (χ3n) is 6.96. The molecule has 0 atom stereocenters. The van der Waals surface area contributed by atoms with Crippen LogP contribution in [-0.2, 0) is 0 Å². The van der Waals surface area contributed by atoms with E-state index in [4.69, 9.17) is 4.98 Å². The lowest BCUT2D eigenvalue weighted by Gasteiger charge is -2.17. The van der Waals surface area contributed by atoms with Crippen LogP contribution in [0, 0.1) is 0 Å². The van der Waals surface area contributed by atoms with E-state index in [9.17, 15) is 0 Å². The van der Waals surface area contributed by atoms with Crippen molar-refractivity contribution in [2.24, 2.45) is 0 Å². The first kappa shape index (κ1) is 21.9. The van der Waals surface area contributed by atoms with Crippen LogP contribution in [0.1, 0.15) is 0 Å². The number of benzene rings is 5. The monoisotopic (exact) mass is 536 g/mol. The van der Waals surface area contributed by atoms with Crippen molar-refractivity contribution in [3.05, 3.63) is 132 Å². The maximum atomic E-state index is 5.18. The van der Waals surface area contributed by atoms with Gasteiger partial charge in [0.25, 0.3) is 0 Å². The quantitative estimate of drug-likeness (QED) is 0.210. The van der Waals surface area contributed by atoms with Gasteiger partial charge < -0.3 is 0 Å².